The van der Waals surface area contributed by atoms with Gasteiger partial charge < -0.3 is 42.5 Å². The summed E-state index contributed by atoms with van der Waals surface area (Å²) in [5.74, 6) is -3.89. The third-order valence-electron chi connectivity index (χ3n) is 5.95. The molecule has 236 valence electrons. The molecule has 0 aromatic rings. The van der Waals surface area contributed by atoms with E-state index in [-0.39, 0.29) is 18.3 Å². The summed E-state index contributed by atoms with van der Waals surface area (Å²) < 4.78 is 0. The van der Waals surface area contributed by atoms with E-state index in [0.29, 0.717) is 18.6 Å². The summed E-state index contributed by atoms with van der Waals surface area (Å²) in [6.45, 7) is 9.53. The molecule has 0 unspecified atom stereocenters. The molecule has 0 aromatic carbocycles. The van der Waals surface area contributed by atoms with Crippen LogP contribution in [0.25, 0.3) is 0 Å². The Morgan fingerprint density at radius 1 is 0.659 bits per heavy atom. The van der Waals surface area contributed by atoms with Crippen LogP contribution in [0.4, 0.5) is 0 Å². The second-order valence-electron chi connectivity index (χ2n) is 10.8. The molecule has 0 heterocycles. The first-order valence-electron chi connectivity index (χ1n) is 13.6. The van der Waals surface area contributed by atoms with Gasteiger partial charge >= 0.3 is 5.97 Å². The summed E-state index contributed by atoms with van der Waals surface area (Å²) in [5.41, 5.74) is 5.98. The molecule has 0 saturated heterocycles. The Morgan fingerprint density at radius 2 is 1.10 bits per heavy atom. The Labute approximate surface area is 246 Å². The van der Waals surface area contributed by atoms with Crippen molar-refractivity contribution in [2.45, 2.75) is 97.1 Å². The van der Waals surface area contributed by atoms with Crippen molar-refractivity contribution in [1.29, 1.82) is 0 Å². The largest absolute Gasteiger partial charge is 0.480 e. The zero-order chi connectivity index (χ0) is 31.9. The molecule has 0 aromatic heterocycles. The molecular formula is C26H48N6O8S. The molecule has 0 aliphatic rings. The highest BCUT2D eigenvalue weighted by atomic mass is 32.2. The van der Waals surface area contributed by atoms with Gasteiger partial charge in [0, 0.05) is 0 Å². The number of thioether (sulfide) groups is 1. The highest BCUT2D eigenvalue weighted by Gasteiger charge is 2.31. The maximum absolute atomic E-state index is 13.2. The first kappa shape index (κ1) is 38.1. The van der Waals surface area contributed by atoms with Crippen LogP contribution in [0.5, 0.6) is 0 Å². The molecule has 0 aliphatic heterocycles. The molecule has 0 aliphatic carbocycles. The molecule has 9 N–H and O–H groups in total. The molecule has 15 heteroatoms. The molecule has 0 bridgehead atoms. The lowest BCUT2D eigenvalue weighted by Gasteiger charge is -2.26. The minimum absolute atomic E-state index is 0.0527. The van der Waals surface area contributed by atoms with Crippen molar-refractivity contribution in [2.24, 2.45) is 17.6 Å². The molecule has 14 nitrogen and oxygen atoms in total. The van der Waals surface area contributed by atoms with Crippen LogP contribution in [-0.2, 0) is 28.8 Å². The average Bonchev–Trinajstić information content (AvgIpc) is 2.87. The van der Waals surface area contributed by atoms with Gasteiger partial charge in [0.1, 0.15) is 30.2 Å². The van der Waals surface area contributed by atoms with Crippen LogP contribution < -0.4 is 32.3 Å². The van der Waals surface area contributed by atoms with Gasteiger partial charge in [-0.15, -0.1) is 0 Å². The van der Waals surface area contributed by atoms with Crippen molar-refractivity contribution in [2.75, 3.05) is 18.6 Å². The number of amides is 5. The average molecular weight is 605 g/mol. The fraction of sp³-hybridized carbons (Fsp3) is 0.769. The van der Waals surface area contributed by atoms with Crippen LogP contribution in [0.1, 0.15) is 60.8 Å². The maximum Gasteiger partial charge on any atom is 0.328 e. The Balaban J connectivity index is 5.40. The van der Waals surface area contributed by atoms with Gasteiger partial charge in [-0.1, -0.05) is 27.7 Å². The number of carbonyl (C=O) groups excluding carboxylic acids is 5. The van der Waals surface area contributed by atoms with Gasteiger partial charge in [-0.05, 0) is 57.0 Å². The van der Waals surface area contributed by atoms with E-state index in [2.05, 4.69) is 26.6 Å². The van der Waals surface area contributed by atoms with E-state index in [4.69, 9.17) is 15.9 Å². The SMILES string of the molecule is CSCC[C@H](NC(=O)[C@H](CC(C)C)NC(=O)[C@@H](N)CC(C)C)C(=O)N[C@@H](C)C(=O)N[C@@H](C)C(=O)N[C@@H](CO)C(=O)O. The number of carboxylic acids is 1. The van der Waals surface area contributed by atoms with Crippen molar-refractivity contribution in [3.8, 4) is 0 Å². The van der Waals surface area contributed by atoms with Crippen LogP contribution in [-0.4, -0.2) is 101 Å². The van der Waals surface area contributed by atoms with Gasteiger partial charge in [0.05, 0.1) is 12.6 Å². The second-order valence-corrected chi connectivity index (χ2v) is 11.8. The summed E-state index contributed by atoms with van der Waals surface area (Å²) in [5, 5.41) is 30.4. The number of rotatable bonds is 19. The van der Waals surface area contributed by atoms with Crippen molar-refractivity contribution in [3.05, 3.63) is 0 Å². The molecular weight excluding hydrogens is 556 g/mol. The number of carbonyl (C=O) groups is 6. The summed E-state index contributed by atoms with van der Waals surface area (Å²) in [4.78, 5) is 74.7. The van der Waals surface area contributed by atoms with Gasteiger partial charge in [-0.3, -0.25) is 24.0 Å². The van der Waals surface area contributed by atoms with E-state index in [1.807, 2.05) is 34.0 Å². The van der Waals surface area contributed by atoms with E-state index in [0.717, 1.165) is 0 Å². The van der Waals surface area contributed by atoms with Crippen molar-refractivity contribution < 1.29 is 39.0 Å². The standard InChI is InChI=1S/C26H48N6O8S/c1-13(2)10-17(27)23(36)31-19(11-14(3)4)25(38)30-18(8-9-41-7)24(37)29-15(5)21(34)28-16(6)22(35)32-20(12-33)26(39)40/h13-20,33H,8-12,27H2,1-7H3,(H,28,34)(H,29,37)(H,30,38)(H,31,36)(H,32,35)(H,39,40)/t15-,16-,17-,18-,19-,20-/m0/s1. The first-order valence-corrected chi connectivity index (χ1v) is 15.0. The van der Waals surface area contributed by atoms with Crippen LogP contribution in [0.2, 0.25) is 0 Å². The Morgan fingerprint density at radius 3 is 1.56 bits per heavy atom. The lowest BCUT2D eigenvalue weighted by molar-refractivity contribution is -0.143. The minimum atomic E-state index is -1.53. The lowest BCUT2D eigenvalue weighted by atomic mass is 10.00. The van der Waals surface area contributed by atoms with Gasteiger partial charge in [0.25, 0.3) is 0 Å². The Hall–Kier alpha value is -2.91. The molecule has 6 atom stereocenters. The highest BCUT2D eigenvalue weighted by Crippen LogP contribution is 2.09. The van der Waals surface area contributed by atoms with Gasteiger partial charge in [0.2, 0.25) is 29.5 Å². The van der Waals surface area contributed by atoms with Crippen molar-refractivity contribution in [3.63, 3.8) is 0 Å². The maximum atomic E-state index is 13.2. The first-order chi connectivity index (χ1) is 19.0. The van der Waals surface area contributed by atoms with Crippen LogP contribution in [0, 0.1) is 11.8 Å². The van der Waals surface area contributed by atoms with E-state index < -0.39 is 78.4 Å². The van der Waals surface area contributed by atoms with E-state index in [9.17, 15) is 28.8 Å². The van der Waals surface area contributed by atoms with Crippen molar-refractivity contribution >= 4 is 47.3 Å². The van der Waals surface area contributed by atoms with Gasteiger partial charge in [-0.2, -0.15) is 11.8 Å². The number of carboxylic acid groups (broad SMARTS) is 1. The minimum Gasteiger partial charge on any atom is -0.480 e. The molecule has 0 spiro atoms. The van der Waals surface area contributed by atoms with Gasteiger partial charge in [-0.25, -0.2) is 4.79 Å². The summed E-state index contributed by atoms with van der Waals surface area (Å²) >= 11 is 1.46. The molecule has 0 saturated carbocycles. The lowest BCUT2D eigenvalue weighted by Crippen LogP contribution is -2.58. The summed E-state index contributed by atoms with van der Waals surface area (Å²) in [7, 11) is 0. The number of hydrogen-bond donors (Lipinski definition) is 8. The molecule has 5 amide bonds. The Bertz CT molecular complexity index is 903. The normalized spacial score (nSPS) is 15.6. The molecule has 0 radical (unpaired) electrons. The van der Waals surface area contributed by atoms with Crippen molar-refractivity contribution in [1.82, 2.24) is 26.6 Å². The Kier molecular flexibility index (Phi) is 17.9. The topological polar surface area (TPSA) is 229 Å². The fourth-order valence-corrected chi connectivity index (χ4v) is 4.11. The number of aliphatic carboxylic acids is 1. The van der Waals surface area contributed by atoms with Crippen LogP contribution >= 0.6 is 11.8 Å². The summed E-state index contributed by atoms with van der Waals surface area (Å²) in [6.07, 6.45) is 2.85. The van der Waals surface area contributed by atoms with Crippen LogP contribution in [0.3, 0.4) is 0 Å². The second kappa shape index (κ2) is 19.3. The highest BCUT2D eigenvalue weighted by molar-refractivity contribution is 7.98. The quantitative estimate of drug-likeness (QED) is 0.0868. The third kappa shape index (κ3) is 15.0. The third-order valence-corrected chi connectivity index (χ3v) is 6.59. The van der Waals surface area contributed by atoms with E-state index in [1.165, 1.54) is 25.6 Å². The number of aliphatic hydroxyl groups excluding tert-OH is 1. The van der Waals surface area contributed by atoms with Crippen LogP contribution in [0.15, 0.2) is 0 Å². The summed E-state index contributed by atoms with van der Waals surface area (Å²) in [6, 6.07) is -6.52. The fourth-order valence-electron chi connectivity index (χ4n) is 3.64. The van der Waals surface area contributed by atoms with E-state index in [1.54, 1.807) is 0 Å². The number of aliphatic hydroxyl groups is 1. The monoisotopic (exact) mass is 604 g/mol. The number of hydrogen-bond acceptors (Lipinski definition) is 9. The van der Waals surface area contributed by atoms with Gasteiger partial charge in [0.15, 0.2) is 0 Å². The number of nitrogens with one attached hydrogen (secondary N) is 5. The zero-order valence-corrected chi connectivity index (χ0v) is 25.8. The van der Waals surface area contributed by atoms with E-state index >= 15 is 0 Å². The predicted octanol–water partition coefficient (Wildman–Crippen LogP) is -1.30. The smallest absolute Gasteiger partial charge is 0.328 e. The molecule has 0 rings (SSSR count). The molecule has 0 fully saturated rings. The predicted molar refractivity (Wildman–Crippen MR) is 156 cm³/mol. The number of nitrogens with two attached hydrogens (primary N) is 1. The zero-order valence-electron chi connectivity index (χ0n) is 25.0. The molecule has 41 heavy (non-hydrogen) atoms.